The van der Waals surface area contributed by atoms with E-state index in [1.807, 2.05) is 36.6 Å². The zero-order chi connectivity index (χ0) is 15.4. The fourth-order valence-electron chi connectivity index (χ4n) is 2.40. The summed E-state index contributed by atoms with van der Waals surface area (Å²) in [4.78, 5) is 16.6. The van der Waals surface area contributed by atoms with Gasteiger partial charge in [0.25, 0.3) is 0 Å². The Bertz CT molecular complexity index is 656. The highest BCUT2D eigenvalue weighted by Crippen LogP contribution is 2.25. The van der Waals surface area contributed by atoms with Gasteiger partial charge in [-0.05, 0) is 19.1 Å². The second-order valence-corrected chi connectivity index (χ2v) is 6.21. The average molecular weight is 354 g/mol. The van der Waals surface area contributed by atoms with E-state index in [9.17, 15) is 4.79 Å². The highest BCUT2D eigenvalue weighted by Gasteiger charge is 2.17. The number of hydrogen-bond acceptors (Lipinski definition) is 5. The number of nitrogens with one attached hydrogen (secondary N) is 2. The number of hydrogen-bond donors (Lipinski definition) is 2. The Morgan fingerprint density at radius 2 is 2.39 bits per heavy atom. The molecule has 1 saturated heterocycles. The van der Waals surface area contributed by atoms with Gasteiger partial charge in [-0.25, -0.2) is 4.98 Å². The van der Waals surface area contributed by atoms with Crippen LogP contribution in [-0.4, -0.2) is 36.7 Å². The number of thiazole rings is 1. The van der Waals surface area contributed by atoms with Crippen molar-refractivity contribution in [1.82, 2.24) is 10.3 Å². The third-order valence-corrected chi connectivity index (χ3v) is 4.45. The minimum Gasteiger partial charge on any atom is -0.378 e. The summed E-state index contributed by atoms with van der Waals surface area (Å²) in [6.45, 7) is 4.08. The molecule has 1 aliphatic rings. The highest BCUT2D eigenvalue weighted by molar-refractivity contribution is 7.13. The normalized spacial score (nSPS) is 17.3. The molecule has 2 aromatic rings. The lowest BCUT2D eigenvalue weighted by Crippen LogP contribution is -2.43. The number of halogens is 1. The number of aryl methyl sites for hydroxylation is 1. The fraction of sp³-hybridized carbons (Fsp3) is 0.375. The summed E-state index contributed by atoms with van der Waals surface area (Å²) in [6.07, 6.45) is 0.417. The molecule has 1 fully saturated rings. The second kappa shape index (κ2) is 8.40. The Hall–Kier alpha value is -1.47. The standard InChI is InChI=1S/C16H19N3O2S.ClH/c1-11-10-22-16(18-11)12-3-2-4-13(7-12)19-15(20)8-14-9-21-6-5-17-14;/h2-4,7,10,14,17H,5-6,8-9H2,1H3,(H,19,20);1H. The molecule has 0 spiro atoms. The van der Waals surface area contributed by atoms with Gasteiger partial charge in [0.15, 0.2) is 0 Å². The summed E-state index contributed by atoms with van der Waals surface area (Å²) in [6, 6.07) is 7.89. The van der Waals surface area contributed by atoms with Gasteiger partial charge >= 0.3 is 0 Å². The number of ether oxygens (including phenoxy) is 1. The Morgan fingerprint density at radius 1 is 1.52 bits per heavy atom. The number of amides is 1. The summed E-state index contributed by atoms with van der Waals surface area (Å²) >= 11 is 1.61. The molecule has 3 rings (SSSR count). The van der Waals surface area contributed by atoms with Crippen molar-refractivity contribution in [2.75, 3.05) is 25.1 Å². The predicted molar refractivity (Wildman–Crippen MR) is 95.4 cm³/mol. The maximum atomic E-state index is 12.1. The van der Waals surface area contributed by atoms with Crippen molar-refractivity contribution in [1.29, 1.82) is 0 Å². The van der Waals surface area contributed by atoms with E-state index in [4.69, 9.17) is 4.74 Å². The number of carbonyl (C=O) groups is 1. The molecule has 1 aliphatic heterocycles. The number of aromatic nitrogens is 1. The molecule has 0 aliphatic carbocycles. The van der Waals surface area contributed by atoms with Crippen molar-refractivity contribution in [3.8, 4) is 10.6 Å². The van der Waals surface area contributed by atoms with E-state index < -0.39 is 0 Å². The van der Waals surface area contributed by atoms with E-state index >= 15 is 0 Å². The molecule has 0 saturated carbocycles. The van der Waals surface area contributed by atoms with Crippen LogP contribution in [-0.2, 0) is 9.53 Å². The topological polar surface area (TPSA) is 63.2 Å². The van der Waals surface area contributed by atoms with Crippen molar-refractivity contribution in [2.45, 2.75) is 19.4 Å². The summed E-state index contributed by atoms with van der Waals surface area (Å²) < 4.78 is 5.36. The zero-order valence-corrected chi connectivity index (χ0v) is 14.5. The van der Waals surface area contributed by atoms with Gasteiger partial charge in [0.05, 0.1) is 13.2 Å². The molecule has 23 heavy (non-hydrogen) atoms. The Balaban J connectivity index is 0.00000192. The third kappa shape index (κ3) is 5.00. The molecule has 1 amide bonds. The van der Waals surface area contributed by atoms with Crippen LogP contribution >= 0.6 is 23.7 Å². The highest BCUT2D eigenvalue weighted by atomic mass is 35.5. The lowest BCUT2D eigenvalue weighted by atomic mass is 10.1. The van der Waals surface area contributed by atoms with Crippen LogP contribution in [0.1, 0.15) is 12.1 Å². The van der Waals surface area contributed by atoms with Gasteiger partial charge in [0.1, 0.15) is 5.01 Å². The number of nitrogens with zero attached hydrogens (tertiary/aromatic N) is 1. The Labute approximate surface area is 145 Å². The van der Waals surface area contributed by atoms with Gasteiger partial charge in [-0.1, -0.05) is 12.1 Å². The lowest BCUT2D eigenvalue weighted by molar-refractivity contribution is -0.117. The van der Waals surface area contributed by atoms with E-state index in [0.717, 1.165) is 28.5 Å². The van der Waals surface area contributed by atoms with Crippen molar-refractivity contribution >= 4 is 35.3 Å². The number of morpholine rings is 1. The predicted octanol–water partition coefficient (Wildman–Crippen LogP) is 2.86. The first-order valence-electron chi connectivity index (χ1n) is 7.34. The van der Waals surface area contributed by atoms with Crippen LogP contribution in [0.15, 0.2) is 29.6 Å². The Morgan fingerprint density at radius 3 is 3.09 bits per heavy atom. The van der Waals surface area contributed by atoms with Crippen LogP contribution in [0, 0.1) is 6.92 Å². The summed E-state index contributed by atoms with van der Waals surface area (Å²) in [5, 5.41) is 9.22. The minimum absolute atomic E-state index is 0. The number of anilines is 1. The SMILES string of the molecule is Cc1csc(-c2cccc(NC(=O)CC3COCCN3)c2)n1.Cl. The van der Waals surface area contributed by atoms with Crippen LogP contribution in [0.25, 0.3) is 10.6 Å². The van der Waals surface area contributed by atoms with Crippen molar-refractivity contribution in [2.24, 2.45) is 0 Å². The molecule has 124 valence electrons. The van der Waals surface area contributed by atoms with E-state index in [2.05, 4.69) is 15.6 Å². The molecule has 0 bridgehead atoms. The summed E-state index contributed by atoms with van der Waals surface area (Å²) in [5.74, 6) is -0.00420. The van der Waals surface area contributed by atoms with Gasteiger partial charge in [-0.15, -0.1) is 23.7 Å². The second-order valence-electron chi connectivity index (χ2n) is 5.35. The number of carbonyl (C=O) groups excluding carboxylic acids is 1. The molecule has 1 atom stereocenters. The molecular weight excluding hydrogens is 334 g/mol. The van der Waals surface area contributed by atoms with Crippen LogP contribution < -0.4 is 10.6 Å². The molecule has 1 unspecified atom stereocenters. The number of benzene rings is 1. The van der Waals surface area contributed by atoms with Gasteiger partial charge in [0.2, 0.25) is 5.91 Å². The maximum absolute atomic E-state index is 12.1. The quantitative estimate of drug-likeness (QED) is 0.887. The van der Waals surface area contributed by atoms with E-state index in [-0.39, 0.29) is 24.4 Å². The van der Waals surface area contributed by atoms with Gasteiger partial charge < -0.3 is 15.4 Å². The van der Waals surface area contributed by atoms with Crippen LogP contribution in [0.3, 0.4) is 0 Å². The van der Waals surface area contributed by atoms with E-state index in [1.165, 1.54) is 0 Å². The zero-order valence-electron chi connectivity index (χ0n) is 12.9. The van der Waals surface area contributed by atoms with E-state index in [1.54, 1.807) is 11.3 Å². The smallest absolute Gasteiger partial charge is 0.226 e. The van der Waals surface area contributed by atoms with E-state index in [0.29, 0.717) is 19.6 Å². The maximum Gasteiger partial charge on any atom is 0.226 e. The third-order valence-electron chi connectivity index (χ3n) is 3.44. The van der Waals surface area contributed by atoms with Gasteiger partial charge in [-0.3, -0.25) is 4.79 Å². The number of rotatable bonds is 4. The first-order valence-corrected chi connectivity index (χ1v) is 8.22. The molecule has 1 aromatic carbocycles. The summed E-state index contributed by atoms with van der Waals surface area (Å²) in [7, 11) is 0. The van der Waals surface area contributed by atoms with Crippen molar-refractivity contribution < 1.29 is 9.53 Å². The molecule has 1 aromatic heterocycles. The summed E-state index contributed by atoms with van der Waals surface area (Å²) in [5.41, 5.74) is 2.83. The molecular formula is C16H20ClN3O2S. The largest absolute Gasteiger partial charge is 0.378 e. The minimum atomic E-state index is -0.00420. The van der Waals surface area contributed by atoms with Crippen LogP contribution in [0.2, 0.25) is 0 Å². The Kier molecular flexibility index (Phi) is 6.53. The lowest BCUT2D eigenvalue weighted by Gasteiger charge is -2.23. The van der Waals surface area contributed by atoms with Gasteiger partial charge in [-0.2, -0.15) is 0 Å². The van der Waals surface area contributed by atoms with Crippen LogP contribution in [0.4, 0.5) is 5.69 Å². The first kappa shape index (κ1) is 17.9. The van der Waals surface area contributed by atoms with Crippen molar-refractivity contribution in [3.05, 3.63) is 35.3 Å². The van der Waals surface area contributed by atoms with Crippen molar-refractivity contribution in [3.63, 3.8) is 0 Å². The molecule has 7 heteroatoms. The molecule has 0 radical (unpaired) electrons. The van der Waals surface area contributed by atoms with Gasteiger partial charge in [0, 0.05) is 41.3 Å². The monoisotopic (exact) mass is 353 g/mol. The fourth-order valence-corrected chi connectivity index (χ4v) is 3.20. The average Bonchev–Trinajstić information content (AvgIpc) is 2.95. The molecule has 5 nitrogen and oxygen atoms in total. The van der Waals surface area contributed by atoms with Crippen LogP contribution in [0.5, 0.6) is 0 Å². The first-order chi connectivity index (χ1) is 10.7. The molecule has 2 N–H and O–H groups in total. The molecule has 2 heterocycles.